The van der Waals surface area contributed by atoms with Gasteiger partial charge in [-0.3, -0.25) is 0 Å². The number of hydrogen-bond acceptors (Lipinski definition) is 5. The maximum Gasteiger partial charge on any atom is 0.223 e. The Bertz CT molecular complexity index is 397. The van der Waals surface area contributed by atoms with Gasteiger partial charge in [0.25, 0.3) is 0 Å². The SMILES string of the molecule is CN(C)CCc1nc(N)nc(C2CCCCCC2)n1. The predicted molar refractivity (Wildman–Crippen MR) is 76.9 cm³/mol. The number of rotatable bonds is 4. The molecule has 0 spiro atoms. The number of nitrogens with two attached hydrogens (primary N) is 1. The Labute approximate surface area is 115 Å². The van der Waals surface area contributed by atoms with E-state index in [0.29, 0.717) is 11.9 Å². The zero-order valence-corrected chi connectivity index (χ0v) is 12.1. The van der Waals surface area contributed by atoms with Crippen molar-refractivity contribution in [3.05, 3.63) is 11.6 Å². The van der Waals surface area contributed by atoms with Crippen molar-refractivity contribution < 1.29 is 0 Å². The molecule has 0 atom stereocenters. The van der Waals surface area contributed by atoms with Crippen molar-refractivity contribution in [1.82, 2.24) is 19.9 Å². The smallest absolute Gasteiger partial charge is 0.223 e. The lowest BCUT2D eigenvalue weighted by Gasteiger charge is -2.14. The molecule has 1 aliphatic carbocycles. The van der Waals surface area contributed by atoms with Gasteiger partial charge in [0.2, 0.25) is 5.95 Å². The fourth-order valence-corrected chi connectivity index (χ4v) is 2.61. The fourth-order valence-electron chi connectivity index (χ4n) is 2.61. The molecule has 1 aromatic rings. The summed E-state index contributed by atoms with van der Waals surface area (Å²) in [6.45, 7) is 0.938. The molecule has 106 valence electrons. The Hall–Kier alpha value is -1.23. The first kappa shape index (κ1) is 14.2. The molecule has 0 aliphatic heterocycles. The Balaban J connectivity index is 2.10. The molecule has 1 saturated carbocycles. The average molecular weight is 263 g/mol. The highest BCUT2D eigenvalue weighted by atomic mass is 15.1. The van der Waals surface area contributed by atoms with Crippen LogP contribution in [-0.2, 0) is 6.42 Å². The molecule has 5 heteroatoms. The standard InChI is InChI=1S/C14H25N5/c1-19(2)10-9-12-16-13(18-14(15)17-12)11-7-5-3-4-6-8-11/h11H,3-10H2,1-2H3,(H2,15,16,17,18). The van der Waals surface area contributed by atoms with Crippen LogP contribution >= 0.6 is 0 Å². The van der Waals surface area contributed by atoms with Crippen molar-refractivity contribution >= 4 is 5.95 Å². The van der Waals surface area contributed by atoms with Gasteiger partial charge in [-0.15, -0.1) is 0 Å². The van der Waals surface area contributed by atoms with E-state index in [4.69, 9.17) is 5.73 Å². The van der Waals surface area contributed by atoms with Crippen LogP contribution in [-0.4, -0.2) is 40.5 Å². The normalized spacial score (nSPS) is 17.6. The van der Waals surface area contributed by atoms with Gasteiger partial charge in [-0.2, -0.15) is 9.97 Å². The predicted octanol–water partition coefficient (Wildman–Crippen LogP) is 2.00. The molecular weight excluding hydrogens is 238 g/mol. The van der Waals surface area contributed by atoms with Gasteiger partial charge < -0.3 is 10.6 Å². The van der Waals surface area contributed by atoms with Crippen LogP contribution in [0.3, 0.4) is 0 Å². The number of nitrogens with zero attached hydrogens (tertiary/aromatic N) is 4. The van der Waals surface area contributed by atoms with E-state index in [-0.39, 0.29) is 0 Å². The minimum atomic E-state index is 0.378. The van der Waals surface area contributed by atoms with Crippen molar-refractivity contribution in [3.63, 3.8) is 0 Å². The minimum absolute atomic E-state index is 0.378. The molecule has 0 radical (unpaired) electrons. The van der Waals surface area contributed by atoms with E-state index in [1.165, 1.54) is 38.5 Å². The van der Waals surface area contributed by atoms with Crippen LogP contribution < -0.4 is 5.73 Å². The van der Waals surface area contributed by atoms with E-state index in [1.54, 1.807) is 0 Å². The second-order valence-electron chi connectivity index (χ2n) is 5.71. The topological polar surface area (TPSA) is 67.9 Å². The van der Waals surface area contributed by atoms with Crippen molar-refractivity contribution in [3.8, 4) is 0 Å². The fraction of sp³-hybridized carbons (Fsp3) is 0.786. The lowest BCUT2D eigenvalue weighted by Crippen LogP contribution is -2.18. The lowest BCUT2D eigenvalue weighted by molar-refractivity contribution is 0.408. The molecular formula is C14H25N5. The third kappa shape index (κ3) is 4.42. The van der Waals surface area contributed by atoms with Crippen molar-refractivity contribution in [1.29, 1.82) is 0 Å². The zero-order valence-electron chi connectivity index (χ0n) is 12.1. The zero-order chi connectivity index (χ0) is 13.7. The minimum Gasteiger partial charge on any atom is -0.368 e. The summed E-state index contributed by atoms with van der Waals surface area (Å²) in [6, 6.07) is 0. The Morgan fingerprint density at radius 3 is 2.37 bits per heavy atom. The monoisotopic (exact) mass is 263 g/mol. The summed E-state index contributed by atoms with van der Waals surface area (Å²) in [5.41, 5.74) is 5.84. The van der Waals surface area contributed by atoms with Crippen molar-refractivity contribution in [2.75, 3.05) is 26.4 Å². The molecule has 2 rings (SSSR count). The number of anilines is 1. The van der Waals surface area contributed by atoms with Gasteiger partial charge in [0.15, 0.2) is 0 Å². The van der Waals surface area contributed by atoms with Gasteiger partial charge in [0.1, 0.15) is 11.6 Å². The number of nitrogen functional groups attached to an aromatic ring is 1. The molecule has 0 amide bonds. The molecule has 1 aromatic heterocycles. The summed E-state index contributed by atoms with van der Waals surface area (Å²) in [6.07, 6.45) is 8.45. The molecule has 1 aliphatic rings. The van der Waals surface area contributed by atoms with E-state index < -0.39 is 0 Å². The van der Waals surface area contributed by atoms with E-state index in [2.05, 4.69) is 33.9 Å². The molecule has 5 nitrogen and oxygen atoms in total. The van der Waals surface area contributed by atoms with Crippen LogP contribution in [0.2, 0.25) is 0 Å². The van der Waals surface area contributed by atoms with Gasteiger partial charge in [-0.05, 0) is 26.9 Å². The van der Waals surface area contributed by atoms with Crippen LogP contribution in [0.15, 0.2) is 0 Å². The van der Waals surface area contributed by atoms with Gasteiger partial charge in [-0.1, -0.05) is 25.7 Å². The van der Waals surface area contributed by atoms with E-state index in [0.717, 1.165) is 24.6 Å². The van der Waals surface area contributed by atoms with Crippen LogP contribution in [0.1, 0.15) is 56.1 Å². The van der Waals surface area contributed by atoms with Crippen molar-refractivity contribution in [2.45, 2.75) is 50.9 Å². The summed E-state index contributed by atoms with van der Waals surface area (Å²) >= 11 is 0. The largest absolute Gasteiger partial charge is 0.368 e. The first-order valence-electron chi connectivity index (χ1n) is 7.30. The average Bonchev–Trinajstić information content (AvgIpc) is 2.64. The van der Waals surface area contributed by atoms with Gasteiger partial charge in [0, 0.05) is 18.9 Å². The van der Waals surface area contributed by atoms with Crippen LogP contribution in [0, 0.1) is 0 Å². The highest BCUT2D eigenvalue weighted by Gasteiger charge is 2.18. The summed E-state index contributed by atoms with van der Waals surface area (Å²) in [7, 11) is 4.10. The number of hydrogen-bond donors (Lipinski definition) is 1. The lowest BCUT2D eigenvalue weighted by atomic mass is 9.99. The summed E-state index contributed by atoms with van der Waals surface area (Å²) in [5.74, 6) is 2.61. The first-order valence-corrected chi connectivity index (χ1v) is 7.30. The quantitative estimate of drug-likeness (QED) is 0.841. The summed E-state index contributed by atoms with van der Waals surface area (Å²) < 4.78 is 0. The number of aromatic nitrogens is 3. The summed E-state index contributed by atoms with van der Waals surface area (Å²) in [5, 5.41) is 0. The van der Waals surface area contributed by atoms with Gasteiger partial charge >= 0.3 is 0 Å². The summed E-state index contributed by atoms with van der Waals surface area (Å²) in [4.78, 5) is 15.4. The first-order chi connectivity index (χ1) is 9.15. The van der Waals surface area contributed by atoms with Gasteiger partial charge in [-0.25, -0.2) is 4.98 Å². The van der Waals surface area contributed by atoms with Crippen molar-refractivity contribution in [2.24, 2.45) is 0 Å². The van der Waals surface area contributed by atoms with E-state index in [9.17, 15) is 0 Å². The van der Waals surface area contributed by atoms with Crippen LogP contribution in [0.4, 0.5) is 5.95 Å². The molecule has 2 N–H and O–H groups in total. The Morgan fingerprint density at radius 1 is 1.05 bits per heavy atom. The maximum atomic E-state index is 5.84. The highest BCUT2D eigenvalue weighted by Crippen LogP contribution is 2.29. The molecule has 19 heavy (non-hydrogen) atoms. The third-order valence-electron chi connectivity index (χ3n) is 3.72. The van der Waals surface area contributed by atoms with E-state index in [1.807, 2.05) is 0 Å². The molecule has 0 aromatic carbocycles. The highest BCUT2D eigenvalue weighted by molar-refractivity contribution is 5.17. The molecule has 1 heterocycles. The number of likely N-dealkylation sites (N-methyl/N-ethyl adjacent to an activating group) is 1. The molecule has 0 unspecified atom stereocenters. The van der Waals surface area contributed by atoms with Crippen LogP contribution in [0.25, 0.3) is 0 Å². The second-order valence-corrected chi connectivity index (χ2v) is 5.71. The third-order valence-corrected chi connectivity index (χ3v) is 3.72. The van der Waals surface area contributed by atoms with Crippen LogP contribution in [0.5, 0.6) is 0 Å². The second kappa shape index (κ2) is 6.80. The Morgan fingerprint density at radius 2 is 1.74 bits per heavy atom. The molecule has 0 bridgehead atoms. The molecule has 0 saturated heterocycles. The van der Waals surface area contributed by atoms with E-state index >= 15 is 0 Å². The van der Waals surface area contributed by atoms with Gasteiger partial charge in [0.05, 0.1) is 0 Å². The Kier molecular flexibility index (Phi) is 5.07. The maximum absolute atomic E-state index is 5.84. The molecule has 1 fully saturated rings.